The molecule has 0 fully saturated rings. The Hall–Kier alpha value is -1.08. The number of unbranched alkanes of at least 4 members (excludes halogenated alkanes) is 1. The highest BCUT2D eigenvalue weighted by molar-refractivity contribution is 6.74. The number of allylic oxidation sites excluding steroid dienone is 1. The first-order valence-corrected chi connectivity index (χ1v) is 10.3. The molecule has 0 bridgehead atoms. The quantitative estimate of drug-likeness (QED) is 0.373. The van der Waals surface area contributed by atoms with Crippen molar-refractivity contribution in [3.63, 3.8) is 0 Å². The highest BCUT2D eigenvalue weighted by atomic mass is 28.4. The highest BCUT2D eigenvalue weighted by Gasteiger charge is 2.36. The van der Waals surface area contributed by atoms with Crippen LogP contribution in [0.2, 0.25) is 18.1 Å². The van der Waals surface area contributed by atoms with Crippen LogP contribution in [-0.4, -0.2) is 14.9 Å². The number of benzene rings is 1. The molecule has 0 radical (unpaired) electrons. The largest absolute Gasteiger partial charge is 0.417 e. The van der Waals surface area contributed by atoms with Crippen LogP contribution in [0.1, 0.15) is 39.2 Å². The third kappa shape index (κ3) is 5.92. The smallest absolute Gasteiger partial charge is 0.191 e. The van der Waals surface area contributed by atoms with Crippen LogP contribution in [0.3, 0.4) is 0 Å². The maximum Gasteiger partial charge on any atom is 0.191 e. The number of rotatable bonds is 6. The molecule has 0 amide bonds. The molecule has 1 nitrogen and oxygen atoms in total. The fourth-order valence-corrected chi connectivity index (χ4v) is 2.60. The molecule has 110 valence electrons. The number of hydrogen-bond donors (Lipinski definition) is 0. The maximum atomic E-state index is 6.14. The third-order valence-electron chi connectivity index (χ3n) is 3.93. The minimum Gasteiger partial charge on any atom is -0.417 e. The van der Waals surface area contributed by atoms with E-state index in [1.54, 1.807) is 0 Å². The average Bonchev–Trinajstić information content (AvgIpc) is 2.37. The third-order valence-corrected chi connectivity index (χ3v) is 8.47. The molecular formula is C18H28OSi. The monoisotopic (exact) mass is 288 g/mol. The predicted molar refractivity (Wildman–Crippen MR) is 91.4 cm³/mol. The molecule has 2 heteroatoms. The van der Waals surface area contributed by atoms with E-state index in [1.165, 1.54) is 5.56 Å². The van der Waals surface area contributed by atoms with E-state index in [9.17, 15) is 0 Å². The summed E-state index contributed by atoms with van der Waals surface area (Å²) in [6.07, 6.45) is 6.22. The van der Waals surface area contributed by atoms with Crippen molar-refractivity contribution in [1.82, 2.24) is 0 Å². The standard InChI is InChI=1S/C18H28OSi/c1-18(2,3)20(4,5)19-16-12-7-6-9-13-17-14-10-8-11-15-17/h6,8,10-11,13-15H,7,12,16H2,1-5H3. The van der Waals surface area contributed by atoms with Crippen molar-refractivity contribution in [2.24, 2.45) is 0 Å². The lowest BCUT2D eigenvalue weighted by Gasteiger charge is -2.36. The van der Waals surface area contributed by atoms with Gasteiger partial charge in [-0.15, -0.1) is 5.73 Å². The van der Waals surface area contributed by atoms with Crippen LogP contribution in [0.15, 0.2) is 42.1 Å². The van der Waals surface area contributed by atoms with Gasteiger partial charge >= 0.3 is 0 Å². The van der Waals surface area contributed by atoms with Gasteiger partial charge < -0.3 is 4.43 Å². The summed E-state index contributed by atoms with van der Waals surface area (Å²) < 4.78 is 6.14. The van der Waals surface area contributed by atoms with Crippen LogP contribution in [-0.2, 0) is 4.43 Å². The van der Waals surface area contributed by atoms with Gasteiger partial charge in [-0.2, -0.15) is 0 Å². The average molecular weight is 289 g/mol. The van der Waals surface area contributed by atoms with Gasteiger partial charge in [-0.25, -0.2) is 0 Å². The molecule has 0 aliphatic carbocycles. The molecule has 0 saturated heterocycles. The zero-order valence-corrected chi connectivity index (χ0v) is 14.6. The van der Waals surface area contributed by atoms with Crippen LogP contribution in [0.4, 0.5) is 0 Å². The lowest BCUT2D eigenvalue weighted by molar-refractivity contribution is 0.283. The summed E-state index contributed by atoms with van der Waals surface area (Å²) in [5.41, 5.74) is 4.43. The molecule has 0 N–H and O–H groups in total. The second kappa shape index (κ2) is 7.63. The van der Waals surface area contributed by atoms with Gasteiger partial charge in [0, 0.05) is 6.61 Å². The summed E-state index contributed by atoms with van der Waals surface area (Å²) in [6.45, 7) is 12.3. The normalized spacial score (nSPS) is 11.8. The van der Waals surface area contributed by atoms with E-state index in [-0.39, 0.29) is 0 Å². The Morgan fingerprint density at radius 2 is 1.80 bits per heavy atom. The Balaban J connectivity index is 2.28. The minimum atomic E-state index is -1.57. The summed E-state index contributed by atoms with van der Waals surface area (Å²) in [4.78, 5) is 0. The van der Waals surface area contributed by atoms with Crippen LogP contribution in [0, 0.1) is 0 Å². The molecule has 0 aliphatic heterocycles. The fraction of sp³-hybridized carbons (Fsp3) is 0.500. The van der Waals surface area contributed by atoms with Crippen molar-refractivity contribution in [1.29, 1.82) is 0 Å². The van der Waals surface area contributed by atoms with Crippen molar-refractivity contribution in [2.45, 2.75) is 51.7 Å². The van der Waals surface area contributed by atoms with Gasteiger partial charge in [-0.3, -0.25) is 0 Å². The van der Waals surface area contributed by atoms with Gasteiger partial charge in [0.2, 0.25) is 0 Å². The van der Waals surface area contributed by atoms with Crippen LogP contribution < -0.4 is 0 Å². The lowest BCUT2D eigenvalue weighted by atomic mass is 10.2. The van der Waals surface area contributed by atoms with E-state index in [0.29, 0.717) is 5.04 Å². The molecule has 0 spiro atoms. The molecular weight excluding hydrogens is 260 g/mol. The Morgan fingerprint density at radius 1 is 1.15 bits per heavy atom. The van der Waals surface area contributed by atoms with Gasteiger partial charge in [-0.05, 0) is 48.7 Å². The second-order valence-corrected chi connectivity index (χ2v) is 11.5. The summed E-state index contributed by atoms with van der Waals surface area (Å²) >= 11 is 0. The lowest BCUT2D eigenvalue weighted by Crippen LogP contribution is -2.40. The Labute approximate surface area is 125 Å². The second-order valence-electron chi connectivity index (χ2n) is 6.68. The first kappa shape index (κ1) is 17.0. The van der Waals surface area contributed by atoms with E-state index >= 15 is 0 Å². The molecule has 0 aliphatic rings. The topological polar surface area (TPSA) is 9.23 Å². The van der Waals surface area contributed by atoms with E-state index in [2.05, 4.69) is 57.8 Å². The molecule has 0 atom stereocenters. The summed E-state index contributed by atoms with van der Waals surface area (Å²) in [5, 5.41) is 0.302. The SMILES string of the molecule is CC(C)(C)[Si](C)(C)OCCCC=C=Cc1ccccc1. The molecule has 1 aromatic carbocycles. The summed E-state index contributed by atoms with van der Waals surface area (Å²) in [7, 11) is -1.57. The van der Waals surface area contributed by atoms with E-state index in [1.807, 2.05) is 24.3 Å². The molecule has 20 heavy (non-hydrogen) atoms. The van der Waals surface area contributed by atoms with E-state index in [4.69, 9.17) is 4.43 Å². The number of hydrogen-bond acceptors (Lipinski definition) is 1. The van der Waals surface area contributed by atoms with Crippen LogP contribution in [0.25, 0.3) is 6.08 Å². The van der Waals surface area contributed by atoms with E-state index < -0.39 is 8.32 Å². The summed E-state index contributed by atoms with van der Waals surface area (Å²) in [5.74, 6) is 0. The first-order valence-electron chi connectivity index (χ1n) is 7.43. The highest BCUT2D eigenvalue weighted by Crippen LogP contribution is 2.36. The molecule has 0 aromatic heterocycles. The zero-order valence-electron chi connectivity index (χ0n) is 13.6. The van der Waals surface area contributed by atoms with Gasteiger partial charge in [0.1, 0.15) is 0 Å². The van der Waals surface area contributed by atoms with Gasteiger partial charge in [-0.1, -0.05) is 51.1 Å². The minimum absolute atomic E-state index is 0.302. The Morgan fingerprint density at radius 3 is 2.40 bits per heavy atom. The van der Waals surface area contributed by atoms with Crippen LogP contribution in [0.5, 0.6) is 0 Å². The fourth-order valence-electron chi connectivity index (χ4n) is 1.52. The van der Waals surface area contributed by atoms with Gasteiger partial charge in [0.15, 0.2) is 8.32 Å². The molecule has 1 aromatic rings. The van der Waals surface area contributed by atoms with Crippen molar-refractivity contribution < 1.29 is 4.43 Å². The first-order chi connectivity index (χ1) is 9.33. The molecule has 0 heterocycles. The Bertz CT molecular complexity index is 448. The van der Waals surface area contributed by atoms with Crippen molar-refractivity contribution >= 4 is 14.4 Å². The maximum absolute atomic E-state index is 6.14. The summed E-state index contributed by atoms with van der Waals surface area (Å²) in [6, 6.07) is 10.3. The zero-order chi connectivity index (χ0) is 15.1. The molecule has 0 unspecified atom stereocenters. The van der Waals surface area contributed by atoms with Crippen molar-refractivity contribution in [2.75, 3.05) is 6.61 Å². The molecule has 1 rings (SSSR count). The predicted octanol–water partition coefficient (Wildman–Crippen LogP) is 5.66. The van der Waals surface area contributed by atoms with Gasteiger partial charge in [0.05, 0.1) is 0 Å². The molecule has 0 saturated carbocycles. The van der Waals surface area contributed by atoms with Crippen molar-refractivity contribution in [3.8, 4) is 0 Å². The van der Waals surface area contributed by atoms with Gasteiger partial charge in [0.25, 0.3) is 0 Å². The van der Waals surface area contributed by atoms with Crippen LogP contribution >= 0.6 is 0 Å². The van der Waals surface area contributed by atoms with E-state index in [0.717, 1.165) is 19.4 Å². The van der Waals surface area contributed by atoms with Crippen molar-refractivity contribution in [3.05, 3.63) is 47.7 Å². The Kier molecular flexibility index (Phi) is 6.48.